The van der Waals surface area contributed by atoms with Gasteiger partial charge in [-0.1, -0.05) is 71.6 Å². The molecule has 77 valence electrons. The minimum absolute atomic E-state index is 0.953. The Bertz CT molecular complexity index is 111. The summed E-state index contributed by atoms with van der Waals surface area (Å²) in [5.41, 5.74) is 0. The van der Waals surface area contributed by atoms with Crippen molar-refractivity contribution in [3.05, 3.63) is 6.92 Å². The third-order valence-corrected chi connectivity index (χ3v) is 3.62. The zero-order valence-electron chi connectivity index (χ0n) is 9.23. The molecule has 0 amide bonds. The molecule has 1 unspecified atom stereocenters. The topological polar surface area (TPSA) is 0 Å². The van der Waals surface area contributed by atoms with E-state index < -0.39 is 0 Å². The fourth-order valence-corrected chi connectivity index (χ4v) is 2.70. The van der Waals surface area contributed by atoms with Crippen LogP contribution in [0.15, 0.2) is 0 Å². The lowest BCUT2D eigenvalue weighted by molar-refractivity contribution is 0.310. The first-order valence-electron chi connectivity index (χ1n) is 6.17. The van der Waals surface area contributed by atoms with E-state index in [1.165, 1.54) is 57.8 Å². The zero-order valence-corrected chi connectivity index (χ0v) is 9.23. The maximum atomic E-state index is 4.11. The van der Waals surface area contributed by atoms with Crippen molar-refractivity contribution in [1.29, 1.82) is 0 Å². The molecule has 0 aromatic rings. The van der Waals surface area contributed by atoms with E-state index in [1.807, 2.05) is 0 Å². The van der Waals surface area contributed by atoms with Gasteiger partial charge in [0, 0.05) is 0 Å². The van der Waals surface area contributed by atoms with Gasteiger partial charge in [-0.05, 0) is 11.8 Å². The summed E-state index contributed by atoms with van der Waals surface area (Å²) in [6, 6.07) is 0. The largest absolute Gasteiger partial charge is 0.0654 e. The molecule has 0 heteroatoms. The van der Waals surface area contributed by atoms with E-state index in [0.29, 0.717) is 0 Å². The predicted molar refractivity (Wildman–Crippen MR) is 59.6 cm³/mol. The van der Waals surface area contributed by atoms with Gasteiger partial charge >= 0.3 is 0 Å². The van der Waals surface area contributed by atoms with Crippen molar-refractivity contribution in [2.24, 2.45) is 11.8 Å². The van der Waals surface area contributed by atoms with Crippen LogP contribution in [0.5, 0.6) is 0 Å². The van der Waals surface area contributed by atoms with E-state index in [-0.39, 0.29) is 0 Å². The van der Waals surface area contributed by atoms with Crippen molar-refractivity contribution in [2.75, 3.05) is 0 Å². The predicted octanol–water partition coefficient (Wildman–Crippen LogP) is 4.60. The lowest BCUT2D eigenvalue weighted by atomic mass is 9.85. The van der Waals surface area contributed by atoms with E-state index in [0.717, 1.165) is 11.8 Å². The van der Waals surface area contributed by atoms with Gasteiger partial charge in [0.1, 0.15) is 0 Å². The first-order valence-corrected chi connectivity index (χ1v) is 6.17. The van der Waals surface area contributed by atoms with Gasteiger partial charge in [-0.3, -0.25) is 0 Å². The van der Waals surface area contributed by atoms with Crippen LogP contribution in [0.4, 0.5) is 0 Å². The maximum absolute atomic E-state index is 4.11. The van der Waals surface area contributed by atoms with Crippen LogP contribution in [-0.4, -0.2) is 0 Å². The van der Waals surface area contributed by atoms with Crippen LogP contribution in [-0.2, 0) is 0 Å². The van der Waals surface area contributed by atoms with Crippen LogP contribution < -0.4 is 0 Å². The van der Waals surface area contributed by atoms with E-state index in [9.17, 15) is 0 Å². The normalized spacial score (nSPS) is 20.8. The van der Waals surface area contributed by atoms with Crippen LogP contribution in [0.3, 0.4) is 0 Å². The molecule has 1 rings (SSSR count). The number of hydrogen-bond donors (Lipinski definition) is 0. The average Bonchev–Trinajstić information content (AvgIpc) is 2.65. The summed E-state index contributed by atoms with van der Waals surface area (Å²) in [4.78, 5) is 0. The molecule has 1 aliphatic rings. The van der Waals surface area contributed by atoms with Crippen molar-refractivity contribution in [3.63, 3.8) is 0 Å². The molecule has 0 N–H and O–H groups in total. The molecule has 1 radical (unpaired) electrons. The quantitative estimate of drug-likeness (QED) is 0.525. The van der Waals surface area contributed by atoms with E-state index in [2.05, 4.69) is 13.8 Å². The Morgan fingerprint density at radius 2 is 1.92 bits per heavy atom. The Morgan fingerprint density at radius 1 is 1.23 bits per heavy atom. The molecule has 1 fully saturated rings. The van der Waals surface area contributed by atoms with Crippen molar-refractivity contribution >= 4 is 0 Å². The summed E-state index contributed by atoms with van der Waals surface area (Å²) < 4.78 is 0. The highest BCUT2D eigenvalue weighted by Crippen LogP contribution is 2.35. The van der Waals surface area contributed by atoms with Crippen LogP contribution in [0, 0.1) is 18.8 Å². The van der Waals surface area contributed by atoms with Crippen LogP contribution in [0.2, 0.25) is 0 Å². The Kier molecular flexibility index (Phi) is 5.50. The minimum Gasteiger partial charge on any atom is -0.0654 e. The molecule has 0 heterocycles. The molecule has 0 spiro atoms. The Morgan fingerprint density at radius 3 is 2.46 bits per heavy atom. The van der Waals surface area contributed by atoms with Gasteiger partial charge in [-0.2, -0.15) is 0 Å². The van der Waals surface area contributed by atoms with Crippen molar-refractivity contribution < 1.29 is 0 Å². The molecule has 1 aliphatic carbocycles. The summed E-state index contributed by atoms with van der Waals surface area (Å²) in [5.74, 6) is 1.99. The van der Waals surface area contributed by atoms with Crippen molar-refractivity contribution in [2.45, 2.75) is 64.7 Å². The first kappa shape index (κ1) is 11.1. The lowest BCUT2D eigenvalue weighted by Crippen LogP contribution is -2.10. The van der Waals surface area contributed by atoms with E-state index in [1.54, 1.807) is 0 Å². The molecule has 0 bridgehead atoms. The fourth-order valence-electron chi connectivity index (χ4n) is 2.70. The molecule has 13 heavy (non-hydrogen) atoms. The summed E-state index contributed by atoms with van der Waals surface area (Å²) in [7, 11) is 0. The molecule has 1 atom stereocenters. The highest BCUT2D eigenvalue weighted by Gasteiger charge is 2.22. The second-order valence-corrected chi connectivity index (χ2v) is 4.59. The summed E-state index contributed by atoms with van der Waals surface area (Å²) in [5, 5.41) is 0. The molecule has 0 saturated heterocycles. The summed E-state index contributed by atoms with van der Waals surface area (Å²) in [6.07, 6.45) is 12.8. The first-order chi connectivity index (χ1) is 6.38. The number of rotatable bonds is 6. The van der Waals surface area contributed by atoms with Crippen LogP contribution in [0.1, 0.15) is 64.7 Å². The molecule has 0 aromatic carbocycles. The highest BCUT2D eigenvalue weighted by molar-refractivity contribution is 4.76. The van der Waals surface area contributed by atoms with Gasteiger partial charge in [0.2, 0.25) is 0 Å². The molecule has 1 saturated carbocycles. The lowest BCUT2D eigenvalue weighted by Gasteiger charge is -2.21. The second-order valence-electron chi connectivity index (χ2n) is 4.59. The average molecular weight is 181 g/mol. The number of hydrogen-bond acceptors (Lipinski definition) is 0. The van der Waals surface area contributed by atoms with Gasteiger partial charge in [0.15, 0.2) is 0 Å². The van der Waals surface area contributed by atoms with E-state index in [4.69, 9.17) is 0 Å². The van der Waals surface area contributed by atoms with Crippen molar-refractivity contribution in [1.82, 2.24) is 0 Å². The van der Waals surface area contributed by atoms with Gasteiger partial charge in [-0.15, -0.1) is 0 Å². The highest BCUT2D eigenvalue weighted by atomic mass is 14.3. The Balaban J connectivity index is 2.16. The maximum Gasteiger partial charge on any atom is -0.0386 e. The molecule has 0 aliphatic heterocycles. The van der Waals surface area contributed by atoms with Gasteiger partial charge in [0.05, 0.1) is 0 Å². The summed E-state index contributed by atoms with van der Waals surface area (Å²) in [6.45, 7) is 6.40. The van der Waals surface area contributed by atoms with Gasteiger partial charge < -0.3 is 0 Å². The van der Waals surface area contributed by atoms with Gasteiger partial charge in [-0.25, -0.2) is 0 Å². The number of unbranched alkanes of at least 4 members (excludes halogenated alkanes) is 2. The van der Waals surface area contributed by atoms with E-state index >= 15 is 0 Å². The zero-order chi connectivity index (χ0) is 9.52. The minimum atomic E-state index is 0.953. The summed E-state index contributed by atoms with van der Waals surface area (Å²) >= 11 is 0. The Labute approximate surface area is 84.1 Å². The molecular formula is C13H25. The third-order valence-electron chi connectivity index (χ3n) is 3.62. The van der Waals surface area contributed by atoms with Gasteiger partial charge in [0.25, 0.3) is 0 Å². The van der Waals surface area contributed by atoms with Crippen molar-refractivity contribution in [3.8, 4) is 0 Å². The molecule has 0 aromatic heterocycles. The van der Waals surface area contributed by atoms with Crippen LogP contribution in [0.25, 0.3) is 0 Å². The second kappa shape index (κ2) is 6.45. The molecular weight excluding hydrogens is 156 g/mol. The monoisotopic (exact) mass is 181 g/mol. The third kappa shape index (κ3) is 3.70. The molecule has 0 nitrogen and oxygen atoms in total. The fraction of sp³-hybridized carbons (Fsp3) is 0.923. The van der Waals surface area contributed by atoms with Crippen LogP contribution >= 0.6 is 0 Å². The standard InChI is InChI=1S/C13H25/c1-3-5-6-9-12(4-2)13-10-7-8-11-13/h12-13H,2-11H2,1H3. The smallest absolute Gasteiger partial charge is 0.0386 e. The SMILES string of the molecule is [CH2]CC(CCCCC)C1CCCC1. The Hall–Kier alpha value is 0.